The summed E-state index contributed by atoms with van der Waals surface area (Å²) in [5.74, 6) is -0.560. The maximum absolute atomic E-state index is 12.7. The van der Waals surface area contributed by atoms with E-state index in [1.54, 1.807) is 0 Å². The standard InChI is InChI=1S/C15H18F3N3O3S/c16-15(17,18)12-2-1-3-13(8-12)25(23,24)21-10-14(22)20-9-11-4-6-19-7-5-11/h1-4,8,19,21H,5-7,9-10H2,(H,20,22). The van der Waals surface area contributed by atoms with Crippen molar-refractivity contribution in [2.45, 2.75) is 17.5 Å². The van der Waals surface area contributed by atoms with Crippen molar-refractivity contribution >= 4 is 15.9 Å². The zero-order chi connectivity index (χ0) is 18.5. The Balaban J connectivity index is 1.92. The molecule has 0 saturated heterocycles. The van der Waals surface area contributed by atoms with Crippen LogP contribution >= 0.6 is 0 Å². The highest BCUT2D eigenvalue weighted by atomic mass is 32.2. The third-order valence-electron chi connectivity index (χ3n) is 3.56. The molecule has 1 aliphatic rings. The van der Waals surface area contributed by atoms with Crippen LogP contribution in [0.5, 0.6) is 0 Å². The second-order valence-corrected chi connectivity index (χ2v) is 7.21. The number of hydrogen-bond donors (Lipinski definition) is 3. The fraction of sp³-hybridized carbons (Fsp3) is 0.400. The van der Waals surface area contributed by atoms with Crippen LogP contribution in [0.1, 0.15) is 12.0 Å². The predicted molar refractivity (Wildman–Crippen MR) is 85.2 cm³/mol. The van der Waals surface area contributed by atoms with Gasteiger partial charge in [-0.05, 0) is 31.2 Å². The molecule has 0 bridgehead atoms. The van der Waals surface area contributed by atoms with E-state index in [1.165, 1.54) is 0 Å². The molecule has 10 heteroatoms. The quantitative estimate of drug-likeness (QED) is 0.646. The fourth-order valence-electron chi connectivity index (χ4n) is 2.19. The van der Waals surface area contributed by atoms with E-state index in [-0.39, 0.29) is 0 Å². The molecule has 0 atom stereocenters. The summed E-state index contributed by atoms with van der Waals surface area (Å²) in [6.45, 7) is 1.28. The van der Waals surface area contributed by atoms with Crippen LogP contribution < -0.4 is 15.4 Å². The van der Waals surface area contributed by atoms with Crippen LogP contribution in [0.15, 0.2) is 40.8 Å². The van der Waals surface area contributed by atoms with Crippen molar-refractivity contribution in [1.82, 2.24) is 15.4 Å². The van der Waals surface area contributed by atoms with Gasteiger partial charge in [-0.3, -0.25) is 4.79 Å². The molecule has 0 aromatic heterocycles. The minimum atomic E-state index is -4.65. The molecule has 0 unspecified atom stereocenters. The van der Waals surface area contributed by atoms with Gasteiger partial charge >= 0.3 is 6.18 Å². The van der Waals surface area contributed by atoms with Crippen molar-refractivity contribution in [1.29, 1.82) is 0 Å². The predicted octanol–water partition coefficient (Wildman–Crippen LogP) is 1.02. The molecule has 3 N–H and O–H groups in total. The summed E-state index contributed by atoms with van der Waals surface area (Å²) in [7, 11) is -4.22. The maximum atomic E-state index is 12.7. The number of carbonyl (C=O) groups is 1. The summed E-state index contributed by atoms with van der Waals surface area (Å²) in [6.07, 6.45) is -1.92. The average molecular weight is 377 g/mol. The molecule has 0 aliphatic carbocycles. The van der Waals surface area contributed by atoms with Gasteiger partial charge in [-0.15, -0.1) is 0 Å². The molecule has 6 nitrogen and oxygen atoms in total. The van der Waals surface area contributed by atoms with Crippen LogP contribution in [0, 0.1) is 0 Å². The summed E-state index contributed by atoms with van der Waals surface area (Å²) in [4.78, 5) is 11.2. The monoisotopic (exact) mass is 377 g/mol. The average Bonchev–Trinajstić information content (AvgIpc) is 2.58. The molecule has 1 amide bonds. The van der Waals surface area contributed by atoms with Crippen molar-refractivity contribution < 1.29 is 26.4 Å². The number of rotatable bonds is 6. The van der Waals surface area contributed by atoms with Crippen LogP contribution in [0.3, 0.4) is 0 Å². The molecule has 1 aliphatic heterocycles. The Morgan fingerprint density at radius 3 is 2.68 bits per heavy atom. The van der Waals surface area contributed by atoms with E-state index in [1.807, 2.05) is 10.8 Å². The third kappa shape index (κ3) is 5.83. The van der Waals surface area contributed by atoms with E-state index in [4.69, 9.17) is 0 Å². The first kappa shape index (κ1) is 19.4. The van der Waals surface area contributed by atoms with Crippen LogP contribution in [0.2, 0.25) is 0 Å². The molecular formula is C15H18F3N3O3S. The van der Waals surface area contributed by atoms with Gasteiger partial charge in [0.1, 0.15) is 0 Å². The minimum Gasteiger partial charge on any atom is -0.351 e. The van der Waals surface area contributed by atoms with Crippen molar-refractivity contribution in [2.75, 3.05) is 26.2 Å². The molecule has 0 fully saturated rings. The van der Waals surface area contributed by atoms with E-state index >= 15 is 0 Å². The first-order valence-electron chi connectivity index (χ1n) is 7.51. The molecule has 0 saturated carbocycles. The summed E-state index contributed by atoms with van der Waals surface area (Å²) >= 11 is 0. The normalized spacial score (nSPS) is 15.6. The second kappa shape index (κ2) is 7.98. The van der Waals surface area contributed by atoms with Gasteiger partial charge in [0.05, 0.1) is 17.0 Å². The highest BCUT2D eigenvalue weighted by molar-refractivity contribution is 7.89. The van der Waals surface area contributed by atoms with E-state index in [9.17, 15) is 26.4 Å². The van der Waals surface area contributed by atoms with Crippen LogP contribution in [0.25, 0.3) is 0 Å². The Labute approximate surface area is 143 Å². The lowest BCUT2D eigenvalue weighted by Gasteiger charge is -2.15. The van der Waals surface area contributed by atoms with E-state index in [2.05, 4.69) is 10.6 Å². The van der Waals surface area contributed by atoms with Gasteiger partial charge in [-0.25, -0.2) is 13.1 Å². The zero-order valence-electron chi connectivity index (χ0n) is 13.2. The van der Waals surface area contributed by atoms with Gasteiger partial charge in [-0.1, -0.05) is 17.7 Å². The summed E-state index contributed by atoms with van der Waals surface area (Å²) in [5.41, 5.74) is -0.0366. The van der Waals surface area contributed by atoms with E-state index < -0.39 is 39.1 Å². The topological polar surface area (TPSA) is 87.3 Å². The number of halogens is 3. The smallest absolute Gasteiger partial charge is 0.351 e. The maximum Gasteiger partial charge on any atom is 0.416 e. The van der Waals surface area contributed by atoms with Crippen molar-refractivity contribution in [3.05, 3.63) is 41.5 Å². The molecule has 1 aromatic rings. The molecule has 1 aromatic carbocycles. The first-order chi connectivity index (χ1) is 11.7. The number of carbonyl (C=O) groups excluding carboxylic acids is 1. The third-order valence-corrected chi connectivity index (χ3v) is 4.96. The van der Waals surface area contributed by atoms with Gasteiger partial charge in [0.15, 0.2) is 0 Å². The lowest BCUT2D eigenvalue weighted by atomic mass is 10.1. The molecule has 25 heavy (non-hydrogen) atoms. The summed E-state index contributed by atoms with van der Waals surface area (Å²) < 4.78 is 64.1. The number of nitrogens with one attached hydrogen (secondary N) is 3. The zero-order valence-corrected chi connectivity index (χ0v) is 14.0. The van der Waals surface area contributed by atoms with Gasteiger partial charge in [-0.2, -0.15) is 13.2 Å². The number of sulfonamides is 1. The van der Waals surface area contributed by atoms with Crippen LogP contribution in [-0.2, 0) is 21.0 Å². The lowest BCUT2D eigenvalue weighted by molar-refractivity contribution is -0.137. The Morgan fingerprint density at radius 1 is 1.28 bits per heavy atom. The van der Waals surface area contributed by atoms with Crippen LogP contribution in [0.4, 0.5) is 13.2 Å². The summed E-state index contributed by atoms with van der Waals surface area (Å²) in [5, 5.41) is 5.69. The van der Waals surface area contributed by atoms with Crippen molar-refractivity contribution in [3.63, 3.8) is 0 Å². The number of amides is 1. The van der Waals surface area contributed by atoms with Gasteiger partial charge in [0, 0.05) is 13.1 Å². The highest BCUT2D eigenvalue weighted by Gasteiger charge is 2.31. The minimum absolute atomic E-state index is 0.311. The SMILES string of the molecule is O=C(CNS(=O)(=O)c1cccc(C(F)(F)F)c1)NCC1=CCNCC1. The Bertz CT molecular complexity index is 761. The largest absolute Gasteiger partial charge is 0.416 e. The Kier molecular flexibility index (Phi) is 6.20. The van der Waals surface area contributed by atoms with Gasteiger partial charge in [0.25, 0.3) is 0 Å². The molecule has 0 radical (unpaired) electrons. The highest BCUT2D eigenvalue weighted by Crippen LogP contribution is 2.30. The van der Waals surface area contributed by atoms with Gasteiger partial charge in [0.2, 0.25) is 15.9 Å². The van der Waals surface area contributed by atoms with Crippen LogP contribution in [-0.4, -0.2) is 40.5 Å². The van der Waals surface area contributed by atoms with Gasteiger partial charge < -0.3 is 10.6 Å². The fourth-order valence-corrected chi connectivity index (χ4v) is 3.22. The summed E-state index contributed by atoms with van der Waals surface area (Å²) in [6, 6.07) is 3.34. The molecule has 0 spiro atoms. The molecule has 138 valence electrons. The number of alkyl halides is 3. The first-order valence-corrected chi connectivity index (χ1v) is 8.99. The Morgan fingerprint density at radius 2 is 2.04 bits per heavy atom. The lowest BCUT2D eigenvalue weighted by Crippen LogP contribution is -2.38. The number of benzene rings is 1. The van der Waals surface area contributed by atoms with Crippen molar-refractivity contribution in [3.8, 4) is 0 Å². The molecular weight excluding hydrogens is 359 g/mol. The second-order valence-electron chi connectivity index (χ2n) is 5.44. The van der Waals surface area contributed by atoms with E-state index in [0.29, 0.717) is 19.2 Å². The number of hydrogen-bond acceptors (Lipinski definition) is 4. The molecule has 2 rings (SSSR count). The Hall–Kier alpha value is -1.91. The molecule has 1 heterocycles. The van der Waals surface area contributed by atoms with E-state index in [0.717, 1.165) is 36.7 Å². The van der Waals surface area contributed by atoms with Crippen molar-refractivity contribution in [2.24, 2.45) is 0 Å².